The van der Waals surface area contributed by atoms with Gasteiger partial charge < -0.3 is 15.4 Å². The van der Waals surface area contributed by atoms with Gasteiger partial charge in [-0.2, -0.15) is 0 Å². The predicted octanol–water partition coefficient (Wildman–Crippen LogP) is 4.35. The molecule has 0 spiro atoms. The lowest BCUT2D eigenvalue weighted by atomic mass is 10.1. The highest BCUT2D eigenvalue weighted by atomic mass is 16.5. The van der Waals surface area contributed by atoms with E-state index in [1.807, 2.05) is 43.3 Å². The molecule has 0 aliphatic rings. The summed E-state index contributed by atoms with van der Waals surface area (Å²) in [4.78, 5) is 27.7. The smallest absolute Gasteiger partial charge is 0.263 e. The Bertz CT molecular complexity index is 967. The van der Waals surface area contributed by atoms with Crippen molar-refractivity contribution < 1.29 is 14.3 Å². The molecule has 1 amide bonds. The molecule has 0 bridgehead atoms. The van der Waals surface area contributed by atoms with Gasteiger partial charge in [0.25, 0.3) is 5.91 Å². The SMILES string of the molecule is CC(=O)c1cccc(Nc2ccc(NC(=O)COc3ccc(C)cc3)nc2)c1. The van der Waals surface area contributed by atoms with Crippen molar-refractivity contribution in [1.82, 2.24) is 4.98 Å². The number of carbonyl (C=O) groups excluding carboxylic acids is 2. The number of nitrogens with one attached hydrogen (secondary N) is 2. The molecule has 0 aliphatic carbocycles. The van der Waals surface area contributed by atoms with Crippen LogP contribution < -0.4 is 15.4 Å². The molecule has 0 unspecified atom stereocenters. The first-order valence-corrected chi connectivity index (χ1v) is 8.83. The number of carbonyl (C=O) groups is 2. The van der Waals surface area contributed by atoms with Crippen LogP contribution in [0.15, 0.2) is 66.9 Å². The number of aromatic nitrogens is 1. The molecule has 0 saturated heterocycles. The second-order valence-electron chi connectivity index (χ2n) is 6.34. The normalized spacial score (nSPS) is 10.2. The number of aryl methyl sites for hydroxylation is 1. The van der Waals surface area contributed by atoms with Crippen molar-refractivity contribution in [3.63, 3.8) is 0 Å². The number of benzene rings is 2. The van der Waals surface area contributed by atoms with Crippen LogP contribution in [0.1, 0.15) is 22.8 Å². The number of hydrogen-bond donors (Lipinski definition) is 2. The first-order chi connectivity index (χ1) is 13.5. The summed E-state index contributed by atoms with van der Waals surface area (Å²) in [5.41, 5.74) is 3.30. The highest BCUT2D eigenvalue weighted by Crippen LogP contribution is 2.18. The van der Waals surface area contributed by atoms with Gasteiger partial charge in [0.05, 0.1) is 11.9 Å². The van der Waals surface area contributed by atoms with Gasteiger partial charge in [-0.25, -0.2) is 4.98 Å². The Morgan fingerprint density at radius 3 is 2.46 bits per heavy atom. The Hall–Kier alpha value is -3.67. The maximum atomic E-state index is 12.0. The van der Waals surface area contributed by atoms with Crippen LogP contribution in [0.2, 0.25) is 0 Å². The van der Waals surface area contributed by atoms with E-state index in [4.69, 9.17) is 4.74 Å². The maximum absolute atomic E-state index is 12.0. The van der Waals surface area contributed by atoms with Gasteiger partial charge in [0.1, 0.15) is 11.6 Å². The zero-order valence-corrected chi connectivity index (χ0v) is 15.7. The number of rotatable bonds is 7. The van der Waals surface area contributed by atoms with Crippen LogP contribution in [-0.4, -0.2) is 23.3 Å². The highest BCUT2D eigenvalue weighted by molar-refractivity contribution is 5.95. The Labute approximate surface area is 163 Å². The quantitative estimate of drug-likeness (QED) is 0.600. The van der Waals surface area contributed by atoms with Crippen LogP contribution in [0.4, 0.5) is 17.2 Å². The van der Waals surface area contributed by atoms with Crippen LogP contribution >= 0.6 is 0 Å². The zero-order chi connectivity index (χ0) is 19.9. The minimum Gasteiger partial charge on any atom is -0.484 e. The van der Waals surface area contributed by atoms with Crippen molar-refractivity contribution in [2.45, 2.75) is 13.8 Å². The molecule has 3 aromatic rings. The van der Waals surface area contributed by atoms with Gasteiger partial charge in [-0.05, 0) is 50.2 Å². The van der Waals surface area contributed by atoms with Crippen LogP contribution in [0.5, 0.6) is 5.75 Å². The highest BCUT2D eigenvalue weighted by Gasteiger charge is 2.06. The number of pyridine rings is 1. The first-order valence-electron chi connectivity index (χ1n) is 8.83. The van der Waals surface area contributed by atoms with E-state index in [-0.39, 0.29) is 18.3 Å². The third-order valence-electron chi connectivity index (χ3n) is 3.98. The lowest BCUT2D eigenvalue weighted by Gasteiger charge is -2.09. The minimum absolute atomic E-state index is 0.00712. The second-order valence-corrected chi connectivity index (χ2v) is 6.34. The first kappa shape index (κ1) is 19.1. The molecular weight excluding hydrogens is 354 g/mol. The molecule has 6 heteroatoms. The van der Waals surface area contributed by atoms with Crippen molar-refractivity contribution in [3.05, 3.63) is 78.0 Å². The average molecular weight is 375 g/mol. The molecule has 2 N–H and O–H groups in total. The van der Waals surface area contributed by atoms with E-state index in [9.17, 15) is 9.59 Å². The Morgan fingerprint density at radius 2 is 1.79 bits per heavy atom. The van der Waals surface area contributed by atoms with Crippen molar-refractivity contribution in [2.24, 2.45) is 0 Å². The molecule has 0 aliphatic heterocycles. The van der Waals surface area contributed by atoms with Gasteiger partial charge in [0.15, 0.2) is 12.4 Å². The maximum Gasteiger partial charge on any atom is 0.263 e. The zero-order valence-electron chi connectivity index (χ0n) is 15.7. The van der Waals surface area contributed by atoms with Crippen LogP contribution in [0.3, 0.4) is 0 Å². The summed E-state index contributed by atoms with van der Waals surface area (Å²) in [6.45, 7) is 3.42. The van der Waals surface area contributed by atoms with Gasteiger partial charge in [0.2, 0.25) is 0 Å². The Balaban J connectivity index is 1.53. The van der Waals surface area contributed by atoms with E-state index in [0.717, 1.165) is 16.9 Å². The third kappa shape index (κ3) is 5.41. The lowest BCUT2D eigenvalue weighted by Crippen LogP contribution is -2.20. The van der Waals surface area contributed by atoms with Crippen molar-refractivity contribution >= 4 is 28.9 Å². The number of ether oxygens (including phenoxy) is 1. The standard InChI is InChI=1S/C22H21N3O3/c1-15-6-9-20(10-7-15)28-14-22(27)25-21-11-8-19(13-23-21)24-18-5-3-4-17(12-18)16(2)26/h3-13,24H,14H2,1-2H3,(H,23,25,27). The van der Waals surface area contributed by atoms with Crippen molar-refractivity contribution in [3.8, 4) is 5.75 Å². The molecule has 1 heterocycles. The fourth-order valence-corrected chi connectivity index (χ4v) is 2.49. The van der Waals surface area contributed by atoms with Gasteiger partial charge in [-0.3, -0.25) is 9.59 Å². The fourth-order valence-electron chi connectivity index (χ4n) is 2.49. The van der Waals surface area contributed by atoms with Crippen LogP contribution in [0, 0.1) is 6.92 Å². The van der Waals surface area contributed by atoms with Gasteiger partial charge >= 0.3 is 0 Å². The van der Waals surface area contributed by atoms with E-state index >= 15 is 0 Å². The van der Waals surface area contributed by atoms with Gasteiger partial charge in [0, 0.05) is 11.3 Å². The molecule has 28 heavy (non-hydrogen) atoms. The number of Topliss-reactive ketones (excluding diaryl/α,β-unsaturated/α-hetero) is 1. The summed E-state index contributed by atoms with van der Waals surface area (Å²) in [5.74, 6) is 0.789. The summed E-state index contributed by atoms with van der Waals surface area (Å²) in [7, 11) is 0. The summed E-state index contributed by atoms with van der Waals surface area (Å²) in [5, 5.41) is 5.87. The number of amides is 1. The molecule has 0 radical (unpaired) electrons. The molecule has 3 rings (SSSR count). The molecule has 0 saturated carbocycles. The van der Waals surface area contributed by atoms with Gasteiger partial charge in [-0.15, -0.1) is 0 Å². The number of ketones is 1. The molecular formula is C22H21N3O3. The summed E-state index contributed by atoms with van der Waals surface area (Å²) in [6.07, 6.45) is 1.61. The molecule has 142 valence electrons. The molecule has 0 fully saturated rings. The second kappa shape index (κ2) is 8.81. The van der Waals surface area contributed by atoms with E-state index < -0.39 is 0 Å². The molecule has 1 aromatic heterocycles. The summed E-state index contributed by atoms with van der Waals surface area (Å²) in [6, 6.07) is 18.2. The average Bonchev–Trinajstić information content (AvgIpc) is 2.69. The van der Waals surface area contributed by atoms with E-state index in [2.05, 4.69) is 15.6 Å². The Morgan fingerprint density at radius 1 is 1.00 bits per heavy atom. The lowest BCUT2D eigenvalue weighted by molar-refractivity contribution is -0.118. The van der Waals surface area contributed by atoms with Crippen LogP contribution in [-0.2, 0) is 4.79 Å². The largest absolute Gasteiger partial charge is 0.484 e. The van der Waals surface area contributed by atoms with Crippen molar-refractivity contribution in [2.75, 3.05) is 17.2 Å². The molecule has 6 nitrogen and oxygen atoms in total. The molecule has 0 atom stereocenters. The third-order valence-corrected chi connectivity index (χ3v) is 3.98. The van der Waals surface area contributed by atoms with E-state index in [1.165, 1.54) is 6.92 Å². The monoisotopic (exact) mass is 375 g/mol. The molecule has 2 aromatic carbocycles. The van der Waals surface area contributed by atoms with Crippen molar-refractivity contribution in [1.29, 1.82) is 0 Å². The Kier molecular flexibility index (Phi) is 6.01. The summed E-state index contributed by atoms with van der Waals surface area (Å²) >= 11 is 0. The number of anilines is 3. The number of nitrogens with zero attached hydrogens (tertiary/aromatic N) is 1. The minimum atomic E-state index is -0.289. The van der Waals surface area contributed by atoms with E-state index in [1.54, 1.807) is 30.5 Å². The summed E-state index contributed by atoms with van der Waals surface area (Å²) < 4.78 is 5.45. The van der Waals surface area contributed by atoms with Crippen LogP contribution in [0.25, 0.3) is 0 Å². The van der Waals surface area contributed by atoms with E-state index in [0.29, 0.717) is 17.1 Å². The number of hydrogen-bond acceptors (Lipinski definition) is 5. The fraction of sp³-hybridized carbons (Fsp3) is 0.136. The topological polar surface area (TPSA) is 80.3 Å². The predicted molar refractivity (Wildman–Crippen MR) is 109 cm³/mol. The van der Waals surface area contributed by atoms with Gasteiger partial charge in [-0.1, -0.05) is 29.8 Å².